The molecule has 0 heterocycles. The van der Waals surface area contributed by atoms with Crippen molar-refractivity contribution in [3.63, 3.8) is 0 Å². The third-order valence-electron chi connectivity index (χ3n) is 6.39. The van der Waals surface area contributed by atoms with Gasteiger partial charge in [0.1, 0.15) is 11.1 Å². The van der Waals surface area contributed by atoms with Crippen LogP contribution < -0.4 is 11.1 Å². The monoisotopic (exact) mass is 708 g/mol. The maximum Gasteiger partial charge on any atom is 0.407 e. The Labute approximate surface area is 286 Å². The van der Waals surface area contributed by atoms with Crippen LogP contribution in [0.5, 0.6) is 0 Å². The van der Waals surface area contributed by atoms with E-state index in [0.29, 0.717) is 32.1 Å². The number of amides is 1. The van der Waals surface area contributed by atoms with Gasteiger partial charge in [0.05, 0.1) is 28.4 Å². The minimum absolute atomic E-state index is 0. The quantitative estimate of drug-likeness (QED) is 0.137. The molecule has 2 unspecified atom stereocenters. The van der Waals surface area contributed by atoms with E-state index >= 15 is 0 Å². The van der Waals surface area contributed by atoms with Gasteiger partial charge in [-0.2, -0.15) is 23.5 Å². The fraction of sp³-hybridized carbons (Fsp3) is 0.484. The van der Waals surface area contributed by atoms with Crippen molar-refractivity contribution in [2.75, 3.05) is 52.5 Å². The van der Waals surface area contributed by atoms with E-state index in [9.17, 15) is 19.2 Å². The van der Waals surface area contributed by atoms with Crippen LogP contribution in [0, 0.1) is 0 Å². The van der Waals surface area contributed by atoms with Gasteiger partial charge in [-0.15, -0.1) is 12.4 Å². The number of hydrogen-bond donors (Lipinski definition) is 2. The minimum Gasteiger partial charge on any atom is -0.468 e. The number of thioether (sulfide) groups is 2. The smallest absolute Gasteiger partial charge is 0.407 e. The first-order valence-electron chi connectivity index (χ1n) is 13.6. The third-order valence-corrected chi connectivity index (χ3v) is 7.77. The molecule has 10 nitrogen and oxygen atoms in total. The summed E-state index contributed by atoms with van der Waals surface area (Å²) in [6, 6.07) is 19.6. The normalized spacial score (nSPS) is 12.4. The molecule has 1 amide bonds. The van der Waals surface area contributed by atoms with Crippen LogP contribution in [0.4, 0.5) is 9.59 Å². The largest absolute Gasteiger partial charge is 0.468 e. The minimum atomic E-state index is -1.07. The predicted octanol–water partition coefficient (Wildman–Crippen LogP) is 5.91. The summed E-state index contributed by atoms with van der Waals surface area (Å²) in [5, 5.41) is 2.69. The molecule has 2 atom stereocenters. The number of benzene rings is 2. The number of alkyl carbamates (subject to hydrolysis) is 1. The second-order valence-electron chi connectivity index (χ2n) is 9.41. The Morgan fingerprint density at radius 1 is 0.733 bits per heavy atom. The topological polar surface area (TPSA) is 143 Å². The lowest BCUT2D eigenvalue weighted by molar-refractivity contribution is -0.149. The van der Waals surface area contributed by atoms with Crippen molar-refractivity contribution < 1.29 is 38.1 Å². The summed E-state index contributed by atoms with van der Waals surface area (Å²) >= 11 is 7.89. The SMILES string of the molecule is COC(=O)C(N)(CCSC)Cc1ccccc1.COC(=O)Cl.COC(=O)NC(CCSC)(CCc1ccccc1)C(=O)OC.Cl. The van der Waals surface area contributed by atoms with Crippen LogP contribution in [0.15, 0.2) is 60.7 Å². The Balaban J connectivity index is 0. The highest BCUT2D eigenvalue weighted by atomic mass is 35.5. The molecule has 3 N–H and O–H groups in total. The van der Waals surface area contributed by atoms with Gasteiger partial charge in [0.15, 0.2) is 0 Å². The van der Waals surface area contributed by atoms with E-state index in [1.807, 2.05) is 73.2 Å². The molecule has 254 valence electrons. The van der Waals surface area contributed by atoms with Crippen LogP contribution in [-0.2, 0) is 41.4 Å². The number of nitrogens with two attached hydrogens (primary N) is 1. The van der Waals surface area contributed by atoms with Gasteiger partial charge in [0.2, 0.25) is 0 Å². The number of carbonyl (C=O) groups is 4. The van der Waals surface area contributed by atoms with Gasteiger partial charge in [-0.25, -0.2) is 14.4 Å². The number of nitrogens with one attached hydrogen (secondary N) is 1. The molecule has 0 aromatic heterocycles. The molecular formula is C31H46Cl2N2O8S2. The first kappa shape index (κ1) is 44.5. The van der Waals surface area contributed by atoms with E-state index in [0.717, 1.165) is 22.6 Å². The molecule has 0 saturated carbocycles. The molecule has 0 bridgehead atoms. The van der Waals surface area contributed by atoms with E-state index in [1.54, 1.807) is 23.5 Å². The highest BCUT2D eigenvalue weighted by molar-refractivity contribution is 7.98. The molecule has 2 aromatic rings. The molecule has 0 saturated heterocycles. The fourth-order valence-corrected chi connectivity index (χ4v) is 5.06. The molecule has 14 heteroatoms. The van der Waals surface area contributed by atoms with E-state index in [2.05, 4.69) is 26.4 Å². The summed E-state index contributed by atoms with van der Waals surface area (Å²) in [5.41, 5.74) is 5.58. The number of methoxy groups -OCH3 is 4. The van der Waals surface area contributed by atoms with Crippen LogP contribution in [-0.4, -0.2) is 87.0 Å². The molecule has 0 spiro atoms. The van der Waals surface area contributed by atoms with Crippen molar-refractivity contribution in [2.24, 2.45) is 5.73 Å². The average molecular weight is 710 g/mol. The zero-order valence-corrected chi connectivity index (χ0v) is 29.9. The highest BCUT2D eigenvalue weighted by Crippen LogP contribution is 2.23. The number of ether oxygens (including phenoxy) is 4. The first-order chi connectivity index (χ1) is 21.0. The molecular weight excluding hydrogens is 663 g/mol. The van der Waals surface area contributed by atoms with Crippen LogP contribution >= 0.6 is 47.5 Å². The summed E-state index contributed by atoms with van der Waals surface area (Å²) in [7, 11) is 5.21. The van der Waals surface area contributed by atoms with Crippen molar-refractivity contribution in [3.05, 3.63) is 71.8 Å². The van der Waals surface area contributed by atoms with Crippen molar-refractivity contribution in [1.29, 1.82) is 0 Å². The Kier molecular flexibility index (Phi) is 25.2. The lowest BCUT2D eigenvalue weighted by Gasteiger charge is -2.31. The van der Waals surface area contributed by atoms with Gasteiger partial charge in [0.25, 0.3) is 0 Å². The second kappa shape index (κ2) is 25.5. The lowest BCUT2D eigenvalue weighted by atomic mass is 9.88. The fourth-order valence-electron chi connectivity index (χ4n) is 3.94. The number of hydrogen-bond acceptors (Lipinski definition) is 11. The molecule has 0 aliphatic rings. The Bertz CT molecular complexity index is 1120. The van der Waals surface area contributed by atoms with Gasteiger partial charge < -0.3 is 30.0 Å². The van der Waals surface area contributed by atoms with Crippen LogP contribution in [0.3, 0.4) is 0 Å². The van der Waals surface area contributed by atoms with Gasteiger partial charge in [-0.3, -0.25) is 4.79 Å². The summed E-state index contributed by atoms with van der Waals surface area (Å²) in [5.74, 6) is 0.796. The number of rotatable bonds is 14. The predicted molar refractivity (Wildman–Crippen MR) is 186 cm³/mol. The van der Waals surface area contributed by atoms with Crippen molar-refractivity contribution in [3.8, 4) is 0 Å². The zero-order valence-electron chi connectivity index (χ0n) is 26.7. The Morgan fingerprint density at radius 3 is 1.62 bits per heavy atom. The van der Waals surface area contributed by atoms with Crippen LogP contribution in [0.25, 0.3) is 0 Å². The van der Waals surface area contributed by atoms with E-state index in [4.69, 9.17) is 15.2 Å². The summed E-state index contributed by atoms with van der Waals surface area (Å²) < 4.78 is 18.3. The number of esters is 2. The van der Waals surface area contributed by atoms with Crippen LogP contribution in [0.1, 0.15) is 30.4 Å². The zero-order chi connectivity index (χ0) is 33.4. The molecule has 2 rings (SSSR count). The molecule has 45 heavy (non-hydrogen) atoms. The van der Waals surface area contributed by atoms with Crippen molar-refractivity contribution in [1.82, 2.24) is 5.32 Å². The average Bonchev–Trinajstić information content (AvgIpc) is 3.05. The standard InChI is InChI=1S/C16H23NO4S.C13H19NO2S.C2H3ClO2.ClH/c1-20-14(18)16(11-12-22-3,17-15(19)21-2)10-9-13-7-5-4-6-8-13;1-16-12(15)13(14,8-9-17-2)10-11-6-4-3-5-7-11;1-5-2(3)4;/h4-8H,9-12H2,1-3H3,(H,17,19);3-7H,8-10,14H2,1-2H3;1H3;1H. The number of aryl methyl sites for hydroxylation is 1. The third kappa shape index (κ3) is 18.2. The summed E-state index contributed by atoms with van der Waals surface area (Å²) in [6.45, 7) is 0. The maximum absolute atomic E-state index is 12.3. The van der Waals surface area contributed by atoms with Crippen molar-refractivity contribution in [2.45, 2.75) is 43.2 Å². The van der Waals surface area contributed by atoms with Crippen LogP contribution in [0.2, 0.25) is 0 Å². The number of halogens is 2. The molecule has 2 aromatic carbocycles. The summed E-state index contributed by atoms with van der Waals surface area (Å²) in [6.07, 6.45) is 6.07. The maximum atomic E-state index is 12.3. The van der Waals surface area contributed by atoms with Gasteiger partial charge in [0, 0.05) is 18.0 Å². The molecule has 0 fully saturated rings. The summed E-state index contributed by atoms with van der Waals surface area (Å²) in [4.78, 5) is 45.1. The van der Waals surface area contributed by atoms with Gasteiger partial charge >= 0.3 is 23.5 Å². The van der Waals surface area contributed by atoms with E-state index in [-0.39, 0.29) is 18.4 Å². The highest BCUT2D eigenvalue weighted by Gasteiger charge is 2.40. The molecule has 0 aliphatic heterocycles. The van der Waals surface area contributed by atoms with E-state index in [1.165, 1.54) is 28.4 Å². The Hall–Kier alpha value is -2.64. The first-order valence-corrected chi connectivity index (χ1v) is 16.7. The Morgan fingerprint density at radius 2 is 1.20 bits per heavy atom. The van der Waals surface area contributed by atoms with Crippen molar-refractivity contribution >= 4 is 71.0 Å². The van der Waals surface area contributed by atoms with E-state index < -0.39 is 28.6 Å². The lowest BCUT2D eigenvalue weighted by Crippen LogP contribution is -2.55. The molecule has 0 aliphatic carbocycles. The van der Waals surface area contributed by atoms with Gasteiger partial charge in [-0.1, -0.05) is 60.7 Å². The number of carbonyl (C=O) groups excluding carboxylic acids is 4. The van der Waals surface area contributed by atoms with Gasteiger partial charge in [-0.05, 0) is 60.8 Å². The molecule has 0 radical (unpaired) electrons. The second-order valence-corrected chi connectivity index (χ2v) is 11.7.